The van der Waals surface area contributed by atoms with E-state index in [1.165, 1.54) is 11.1 Å². The molecule has 3 aliphatic heterocycles. The molecule has 0 bridgehead atoms. The number of carbonyl (C=O) groups excluding carboxylic acids is 3. The van der Waals surface area contributed by atoms with Crippen LogP contribution in [0.4, 0.5) is 10.5 Å². The predicted octanol–water partition coefficient (Wildman–Crippen LogP) is 3.39. The molecule has 1 aliphatic carbocycles. The molecule has 3 heterocycles. The second-order valence-electron chi connectivity index (χ2n) is 9.17. The molecule has 34 heavy (non-hydrogen) atoms. The number of allylic oxidation sites excluding steroid dienone is 2. The van der Waals surface area contributed by atoms with Gasteiger partial charge in [0.25, 0.3) is 5.91 Å². The number of hydrogen-bond acceptors (Lipinski definition) is 6. The monoisotopic (exact) mass is 465 g/mol. The second-order valence-corrected chi connectivity index (χ2v) is 9.17. The molecule has 5 rings (SSSR count). The standard InChI is InChI=1S/C26H31N3O5/c1-3-27-11-12-28(24(30)20-10-9-18(14-21(20)27)25(31)33-4-2)16-23-22-13-17-7-5-6-8-19(17)15-29(22)26(32)34-23/h5,7,9-10,14,22-23H,3-4,6,8,11-13,15-16H2,1-2H3/t22-,23+/m0/s1. The van der Waals surface area contributed by atoms with Gasteiger partial charge in [-0.05, 0) is 62.5 Å². The average molecular weight is 466 g/mol. The van der Waals surface area contributed by atoms with Crippen LogP contribution in [0.5, 0.6) is 0 Å². The van der Waals surface area contributed by atoms with E-state index >= 15 is 0 Å². The lowest BCUT2D eigenvalue weighted by Gasteiger charge is -2.34. The maximum atomic E-state index is 13.6. The number of hydrogen-bond donors (Lipinski definition) is 0. The molecule has 1 saturated heterocycles. The quantitative estimate of drug-likeness (QED) is 0.621. The molecule has 180 valence electrons. The molecule has 4 aliphatic rings. The minimum Gasteiger partial charge on any atom is -0.462 e. The highest BCUT2D eigenvalue weighted by Crippen LogP contribution is 2.36. The number of nitrogens with zero attached hydrogens (tertiary/aromatic N) is 3. The number of rotatable bonds is 5. The lowest BCUT2D eigenvalue weighted by Crippen LogP contribution is -2.47. The summed E-state index contributed by atoms with van der Waals surface area (Å²) >= 11 is 0. The summed E-state index contributed by atoms with van der Waals surface area (Å²) in [4.78, 5) is 44.2. The Labute approximate surface area is 199 Å². The predicted molar refractivity (Wildman–Crippen MR) is 127 cm³/mol. The topological polar surface area (TPSA) is 79.4 Å². The van der Waals surface area contributed by atoms with Crippen LogP contribution in [0.3, 0.4) is 0 Å². The Bertz CT molecular complexity index is 1080. The lowest BCUT2D eigenvalue weighted by atomic mass is 9.87. The van der Waals surface area contributed by atoms with Crippen molar-refractivity contribution in [3.63, 3.8) is 0 Å². The molecule has 1 aromatic carbocycles. The van der Waals surface area contributed by atoms with Gasteiger partial charge in [-0.25, -0.2) is 9.59 Å². The van der Waals surface area contributed by atoms with E-state index in [2.05, 4.69) is 17.1 Å². The molecule has 0 saturated carbocycles. The molecule has 0 N–H and O–H groups in total. The number of anilines is 1. The third-order valence-electron chi connectivity index (χ3n) is 7.28. The first-order chi connectivity index (χ1) is 16.5. The number of carbonyl (C=O) groups is 3. The summed E-state index contributed by atoms with van der Waals surface area (Å²) < 4.78 is 10.9. The van der Waals surface area contributed by atoms with Gasteiger partial charge in [-0.1, -0.05) is 12.2 Å². The van der Waals surface area contributed by atoms with Crippen molar-refractivity contribution in [3.8, 4) is 0 Å². The van der Waals surface area contributed by atoms with Gasteiger partial charge < -0.3 is 19.3 Å². The van der Waals surface area contributed by atoms with Gasteiger partial charge in [0.05, 0.1) is 36.0 Å². The minimum absolute atomic E-state index is 0.0574. The first-order valence-corrected chi connectivity index (χ1v) is 12.2. The maximum absolute atomic E-state index is 13.6. The maximum Gasteiger partial charge on any atom is 0.410 e. The summed E-state index contributed by atoms with van der Waals surface area (Å²) in [6.45, 7) is 6.94. The van der Waals surface area contributed by atoms with Crippen molar-refractivity contribution in [3.05, 3.63) is 52.6 Å². The highest BCUT2D eigenvalue weighted by atomic mass is 16.6. The summed E-state index contributed by atoms with van der Waals surface area (Å²) in [6, 6.07) is 5.05. The normalized spacial score (nSPS) is 23.9. The number of amides is 2. The van der Waals surface area contributed by atoms with Gasteiger partial charge in [0, 0.05) is 26.2 Å². The van der Waals surface area contributed by atoms with Crippen LogP contribution in [-0.4, -0.2) is 79.2 Å². The molecule has 8 heteroatoms. The van der Waals surface area contributed by atoms with Crippen molar-refractivity contribution in [2.24, 2.45) is 0 Å². The molecular formula is C26H31N3O5. The smallest absolute Gasteiger partial charge is 0.410 e. The zero-order valence-electron chi connectivity index (χ0n) is 19.8. The summed E-state index contributed by atoms with van der Waals surface area (Å²) in [5.41, 5.74) is 4.37. The van der Waals surface area contributed by atoms with E-state index in [4.69, 9.17) is 9.47 Å². The van der Waals surface area contributed by atoms with E-state index in [9.17, 15) is 14.4 Å². The van der Waals surface area contributed by atoms with Crippen molar-refractivity contribution in [2.75, 3.05) is 44.2 Å². The molecule has 0 spiro atoms. The number of likely N-dealkylation sites (N-methyl/N-ethyl adjacent to an activating group) is 1. The van der Waals surface area contributed by atoms with Gasteiger partial charge in [0.15, 0.2) is 0 Å². The van der Waals surface area contributed by atoms with Crippen LogP contribution in [0.15, 0.2) is 41.5 Å². The Hall–Kier alpha value is -3.29. The number of fused-ring (bicyclic) bond motifs is 2. The molecule has 1 aromatic rings. The van der Waals surface area contributed by atoms with E-state index in [0.717, 1.165) is 24.9 Å². The SMILES string of the molecule is CCOC(=O)c1ccc2c(c1)N(CC)CCN(C[C@H]1OC(=O)N3CC4=C(C=CCC4)C[C@@H]13)C2=O. The Balaban J connectivity index is 1.38. The third-order valence-corrected chi connectivity index (χ3v) is 7.28. The number of cyclic esters (lactones) is 1. The third kappa shape index (κ3) is 3.95. The van der Waals surface area contributed by atoms with E-state index in [-0.39, 0.29) is 24.1 Å². The summed E-state index contributed by atoms with van der Waals surface area (Å²) in [7, 11) is 0. The van der Waals surface area contributed by atoms with Crippen LogP contribution >= 0.6 is 0 Å². The van der Waals surface area contributed by atoms with Crippen molar-refractivity contribution in [2.45, 2.75) is 45.3 Å². The fraction of sp³-hybridized carbons (Fsp3) is 0.500. The highest BCUT2D eigenvalue weighted by Gasteiger charge is 2.46. The Morgan fingerprint density at radius 3 is 2.79 bits per heavy atom. The Kier molecular flexibility index (Phi) is 6.06. The van der Waals surface area contributed by atoms with E-state index < -0.39 is 5.97 Å². The number of esters is 1. The molecular weight excluding hydrogens is 434 g/mol. The molecule has 0 aromatic heterocycles. The van der Waals surface area contributed by atoms with Crippen LogP contribution in [0.1, 0.15) is 53.8 Å². The summed E-state index contributed by atoms with van der Waals surface area (Å²) in [5.74, 6) is -0.500. The molecule has 8 nitrogen and oxygen atoms in total. The number of benzene rings is 1. The fourth-order valence-electron chi connectivity index (χ4n) is 5.45. The van der Waals surface area contributed by atoms with Gasteiger partial charge >= 0.3 is 12.1 Å². The van der Waals surface area contributed by atoms with Crippen LogP contribution in [0, 0.1) is 0 Å². The number of ether oxygens (including phenoxy) is 2. The van der Waals surface area contributed by atoms with Gasteiger partial charge in [0.1, 0.15) is 6.10 Å². The van der Waals surface area contributed by atoms with Gasteiger partial charge in [-0.15, -0.1) is 0 Å². The molecule has 1 fully saturated rings. The average Bonchev–Trinajstić information content (AvgIpc) is 3.08. The summed E-state index contributed by atoms with van der Waals surface area (Å²) in [6.07, 6.45) is 6.51. The zero-order chi connectivity index (χ0) is 23.8. The molecule has 0 unspecified atom stereocenters. The zero-order valence-corrected chi connectivity index (χ0v) is 19.8. The minimum atomic E-state index is -0.393. The molecule has 0 radical (unpaired) electrons. The molecule has 2 amide bonds. The van der Waals surface area contributed by atoms with Crippen molar-refractivity contribution >= 4 is 23.7 Å². The second kappa shape index (κ2) is 9.16. The van der Waals surface area contributed by atoms with E-state index in [1.54, 1.807) is 30.0 Å². The first kappa shape index (κ1) is 22.5. The largest absolute Gasteiger partial charge is 0.462 e. The van der Waals surface area contributed by atoms with Crippen LogP contribution in [0.2, 0.25) is 0 Å². The molecule has 2 atom stereocenters. The van der Waals surface area contributed by atoms with Crippen molar-refractivity contribution < 1.29 is 23.9 Å². The van der Waals surface area contributed by atoms with Gasteiger partial charge in [-0.2, -0.15) is 0 Å². The van der Waals surface area contributed by atoms with Crippen molar-refractivity contribution in [1.82, 2.24) is 9.80 Å². The Morgan fingerprint density at radius 2 is 2.00 bits per heavy atom. The van der Waals surface area contributed by atoms with Crippen LogP contribution < -0.4 is 4.90 Å². The highest BCUT2D eigenvalue weighted by molar-refractivity contribution is 6.02. The van der Waals surface area contributed by atoms with Gasteiger partial charge in [-0.3, -0.25) is 9.69 Å². The van der Waals surface area contributed by atoms with Crippen LogP contribution in [0.25, 0.3) is 0 Å². The van der Waals surface area contributed by atoms with E-state index in [1.807, 2.05) is 11.8 Å². The first-order valence-electron chi connectivity index (χ1n) is 12.2. The van der Waals surface area contributed by atoms with E-state index in [0.29, 0.717) is 50.5 Å². The fourth-order valence-corrected chi connectivity index (χ4v) is 5.45. The van der Waals surface area contributed by atoms with Crippen molar-refractivity contribution in [1.29, 1.82) is 0 Å². The summed E-state index contributed by atoms with van der Waals surface area (Å²) in [5, 5.41) is 0. The Morgan fingerprint density at radius 1 is 1.18 bits per heavy atom. The van der Waals surface area contributed by atoms with Gasteiger partial charge in [0.2, 0.25) is 0 Å². The van der Waals surface area contributed by atoms with Crippen LogP contribution in [-0.2, 0) is 9.47 Å². The lowest BCUT2D eigenvalue weighted by molar-refractivity contribution is 0.0525.